The van der Waals surface area contributed by atoms with Crippen LogP contribution in [0.4, 0.5) is 0 Å². The summed E-state index contributed by atoms with van der Waals surface area (Å²) >= 11 is 1.60. The average molecular weight is 295 g/mol. The molecule has 7 nitrogen and oxygen atoms in total. The molecule has 0 aromatic rings. The Morgan fingerprint density at radius 2 is 1.53 bits per heavy atom. The molecule has 0 saturated heterocycles. The van der Waals surface area contributed by atoms with E-state index in [1.54, 1.807) is 11.8 Å². The first-order valence-electron chi connectivity index (χ1n) is 6.02. The van der Waals surface area contributed by atoms with Crippen LogP contribution < -0.4 is 17.2 Å². The van der Waals surface area contributed by atoms with Gasteiger partial charge in [0.1, 0.15) is 12.1 Å². The second-order valence-corrected chi connectivity index (χ2v) is 4.94. The first-order chi connectivity index (χ1) is 8.86. The minimum Gasteiger partial charge on any atom is -0.480 e. The van der Waals surface area contributed by atoms with Crippen molar-refractivity contribution in [2.24, 2.45) is 17.2 Å². The van der Waals surface area contributed by atoms with Crippen molar-refractivity contribution in [3.8, 4) is 0 Å². The molecule has 0 fully saturated rings. The summed E-state index contributed by atoms with van der Waals surface area (Å²) in [6.07, 6.45) is 4.64. The van der Waals surface area contributed by atoms with Crippen molar-refractivity contribution >= 4 is 23.7 Å². The molecule has 2 atom stereocenters. The van der Waals surface area contributed by atoms with Crippen LogP contribution in [0.2, 0.25) is 0 Å². The van der Waals surface area contributed by atoms with Crippen LogP contribution in [0.15, 0.2) is 0 Å². The van der Waals surface area contributed by atoms with Crippen LogP contribution in [0.25, 0.3) is 0 Å². The van der Waals surface area contributed by atoms with Crippen molar-refractivity contribution in [1.29, 1.82) is 0 Å². The minimum atomic E-state index is -0.933. The fourth-order valence-electron chi connectivity index (χ4n) is 1.00. The molecule has 114 valence electrons. The third-order valence-electron chi connectivity index (χ3n) is 2.24. The quantitative estimate of drug-likeness (QED) is 0.363. The van der Waals surface area contributed by atoms with Gasteiger partial charge in [0.25, 0.3) is 0 Å². The molecule has 0 aromatic heterocycles. The van der Waals surface area contributed by atoms with Crippen LogP contribution in [0, 0.1) is 0 Å². The maximum absolute atomic E-state index is 10.1. The van der Waals surface area contributed by atoms with Crippen LogP contribution >= 0.6 is 11.8 Å². The lowest BCUT2D eigenvalue weighted by molar-refractivity contribution is -0.139. The zero-order valence-electron chi connectivity index (χ0n) is 11.2. The number of carbonyl (C=O) groups is 2. The van der Waals surface area contributed by atoms with Gasteiger partial charge in [0.2, 0.25) is 0 Å². The molecule has 0 aliphatic rings. The van der Waals surface area contributed by atoms with Gasteiger partial charge in [-0.15, -0.1) is 0 Å². The number of thioether (sulfide) groups is 1. The van der Waals surface area contributed by atoms with Gasteiger partial charge >= 0.3 is 11.9 Å². The number of carboxylic acids is 2. The molecular formula is C11H25N3O4S. The number of nitrogens with two attached hydrogens (primary N) is 3. The summed E-state index contributed by atoms with van der Waals surface area (Å²) in [4.78, 5) is 20.2. The normalized spacial score (nSPS) is 13.1. The van der Waals surface area contributed by atoms with Crippen LogP contribution in [0.1, 0.15) is 25.7 Å². The molecule has 0 radical (unpaired) electrons. The summed E-state index contributed by atoms with van der Waals surface area (Å²) in [5.74, 6) is -1.03. The van der Waals surface area contributed by atoms with Crippen LogP contribution in [-0.2, 0) is 9.59 Å². The molecule has 0 spiro atoms. The molecule has 8 N–H and O–H groups in total. The molecule has 2 unspecified atom stereocenters. The Bertz CT molecular complexity index is 254. The summed E-state index contributed by atoms with van der Waals surface area (Å²) in [7, 11) is 0. The van der Waals surface area contributed by atoms with E-state index in [1.165, 1.54) is 0 Å². The Balaban J connectivity index is 0. The third-order valence-corrected chi connectivity index (χ3v) is 2.88. The number of unbranched alkanes of at least 4 members (excludes halogenated alkanes) is 1. The lowest BCUT2D eigenvalue weighted by Gasteiger charge is -2.03. The fraction of sp³-hybridized carbons (Fsp3) is 0.818. The maximum Gasteiger partial charge on any atom is 0.320 e. The number of hydrogen-bond donors (Lipinski definition) is 5. The summed E-state index contributed by atoms with van der Waals surface area (Å²) in [6.45, 7) is 0.604. The van der Waals surface area contributed by atoms with Crippen molar-refractivity contribution in [2.75, 3.05) is 18.6 Å². The Morgan fingerprint density at radius 1 is 1.05 bits per heavy atom. The third kappa shape index (κ3) is 15.1. The summed E-state index contributed by atoms with van der Waals surface area (Å²) in [5.41, 5.74) is 15.6. The van der Waals surface area contributed by atoms with Gasteiger partial charge in [-0.25, -0.2) is 0 Å². The highest BCUT2D eigenvalue weighted by molar-refractivity contribution is 7.98. The Labute approximate surface area is 117 Å². The highest BCUT2D eigenvalue weighted by Gasteiger charge is 2.09. The van der Waals surface area contributed by atoms with Gasteiger partial charge in [0.15, 0.2) is 0 Å². The number of aliphatic carboxylic acids is 2. The van der Waals surface area contributed by atoms with Gasteiger partial charge in [0.05, 0.1) is 0 Å². The molecule has 0 saturated carbocycles. The molecule has 0 amide bonds. The number of hydrogen-bond acceptors (Lipinski definition) is 6. The van der Waals surface area contributed by atoms with E-state index in [1.807, 2.05) is 6.26 Å². The zero-order chi connectivity index (χ0) is 15.3. The standard InChI is InChI=1S/C6H14N2O2.C5H11NO2S/c7-4-2-1-3-5(8)6(9)10;1-9-3-2-4(6)5(7)8/h5H,1-4,7-8H2,(H,9,10);4H,2-3,6H2,1H3,(H,7,8). The van der Waals surface area contributed by atoms with E-state index in [2.05, 4.69) is 0 Å². The second-order valence-electron chi connectivity index (χ2n) is 3.96. The predicted octanol–water partition coefficient (Wildman–Crippen LogP) is -0.321. The van der Waals surface area contributed by atoms with Gasteiger partial charge < -0.3 is 27.4 Å². The van der Waals surface area contributed by atoms with Gasteiger partial charge in [-0.05, 0) is 37.8 Å². The molecule has 0 bridgehead atoms. The molecule has 8 heteroatoms. The zero-order valence-corrected chi connectivity index (χ0v) is 12.1. The smallest absolute Gasteiger partial charge is 0.320 e. The Morgan fingerprint density at radius 3 is 1.89 bits per heavy atom. The van der Waals surface area contributed by atoms with Gasteiger partial charge in [-0.2, -0.15) is 11.8 Å². The highest BCUT2D eigenvalue weighted by atomic mass is 32.2. The topological polar surface area (TPSA) is 153 Å². The molecule has 0 aromatic carbocycles. The van der Waals surface area contributed by atoms with Gasteiger partial charge in [-0.3, -0.25) is 9.59 Å². The minimum absolute atomic E-state index is 0.520. The summed E-state index contributed by atoms with van der Waals surface area (Å²) in [6, 6.07) is -1.40. The maximum atomic E-state index is 10.1. The molecule has 0 aliphatic heterocycles. The van der Waals surface area contributed by atoms with Crippen LogP contribution in [0.5, 0.6) is 0 Å². The Hall–Kier alpha value is -0.830. The van der Waals surface area contributed by atoms with Gasteiger partial charge in [0, 0.05) is 0 Å². The van der Waals surface area contributed by atoms with E-state index in [4.69, 9.17) is 27.4 Å². The van der Waals surface area contributed by atoms with E-state index >= 15 is 0 Å². The largest absolute Gasteiger partial charge is 0.480 e. The highest BCUT2D eigenvalue weighted by Crippen LogP contribution is 1.98. The van der Waals surface area contributed by atoms with Crippen LogP contribution in [0.3, 0.4) is 0 Å². The summed E-state index contributed by atoms with van der Waals surface area (Å²) < 4.78 is 0. The van der Waals surface area contributed by atoms with Crippen molar-refractivity contribution in [1.82, 2.24) is 0 Å². The van der Waals surface area contributed by atoms with Crippen molar-refractivity contribution in [3.05, 3.63) is 0 Å². The van der Waals surface area contributed by atoms with E-state index < -0.39 is 24.0 Å². The first kappa shape index (κ1) is 20.5. The van der Waals surface area contributed by atoms with Crippen LogP contribution in [-0.4, -0.2) is 52.8 Å². The molecule has 19 heavy (non-hydrogen) atoms. The Kier molecular flexibility index (Phi) is 14.7. The van der Waals surface area contributed by atoms with Crippen molar-refractivity contribution in [2.45, 2.75) is 37.8 Å². The monoisotopic (exact) mass is 295 g/mol. The SMILES string of the molecule is CSCCC(N)C(=O)O.NCCCCC(N)C(=O)O. The average Bonchev–Trinajstić information content (AvgIpc) is 2.36. The first-order valence-corrected chi connectivity index (χ1v) is 7.41. The molecule has 0 rings (SSSR count). The lowest BCUT2D eigenvalue weighted by Crippen LogP contribution is -2.30. The van der Waals surface area contributed by atoms with Crippen molar-refractivity contribution in [3.63, 3.8) is 0 Å². The predicted molar refractivity (Wildman–Crippen MR) is 77.1 cm³/mol. The molecule has 0 heterocycles. The second kappa shape index (κ2) is 13.6. The summed E-state index contributed by atoms with van der Waals surface area (Å²) in [5, 5.41) is 16.6. The van der Waals surface area contributed by atoms with Crippen molar-refractivity contribution < 1.29 is 19.8 Å². The van der Waals surface area contributed by atoms with E-state index in [-0.39, 0.29) is 0 Å². The van der Waals surface area contributed by atoms with E-state index in [9.17, 15) is 9.59 Å². The lowest BCUT2D eigenvalue weighted by atomic mass is 10.1. The van der Waals surface area contributed by atoms with E-state index in [0.29, 0.717) is 19.4 Å². The fourth-order valence-corrected chi connectivity index (χ4v) is 1.49. The molecule has 0 aliphatic carbocycles. The molecular weight excluding hydrogens is 270 g/mol. The number of carboxylic acid groups (broad SMARTS) is 2. The van der Waals surface area contributed by atoms with E-state index in [0.717, 1.165) is 18.6 Å². The van der Waals surface area contributed by atoms with Gasteiger partial charge in [-0.1, -0.05) is 6.42 Å². The number of rotatable bonds is 9.